The molecule has 1 aliphatic rings. The van der Waals surface area contributed by atoms with E-state index >= 15 is 0 Å². The van der Waals surface area contributed by atoms with E-state index in [0.29, 0.717) is 13.0 Å². The van der Waals surface area contributed by atoms with E-state index in [0.717, 1.165) is 17.7 Å². The van der Waals surface area contributed by atoms with Gasteiger partial charge >= 0.3 is 12.1 Å². The van der Waals surface area contributed by atoms with E-state index < -0.39 is 23.7 Å². The van der Waals surface area contributed by atoms with Crippen LogP contribution in [0.15, 0.2) is 0 Å². The van der Waals surface area contributed by atoms with Crippen molar-refractivity contribution in [2.45, 2.75) is 77.0 Å². The standard InChI is InChI=1S/C17H31NO5/c1-17(2,3)23-16(20)18(4)14(15(19)21-5)11-12-22-13-9-7-6-8-10-13/h13-14H,6-12H2,1-5H3/t14-/m0/s1/i4D. The summed E-state index contributed by atoms with van der Waals surface area (Å²) in [4.78, 5) is 25.4. The van der Waals surface area contributed by atoms with Gasteiger partial charge in [0.1, 0.15) is 11.6 Å². The van der Waals surface area contributed by atoms with Crippen LogP contribution in [-0.4, -0.2) is 55.4 Å². The number of amides is 1. The van der Waals surface area contributed by atoms with Crippen LogP contribution < -0.4 is 0 Å². The van der Waals surface area contributed by atoms with Crippen LogP contribution in [0.2, 0.25) is 0 Å². The zero-order chi connectivity index (χ0) is 18.2. The summed E-state index contributed by atoms with van der Waals surface area (Å²) in [6.07, 6.45) is 5.49. The van der Waals surface area contributed by atoms with Crippen molar-refractivity contribution in [2.24, 2.45) is 0 Å². The number of carbonyl (C=O) groups is 2. The summed E-state index contributed by atoms with van der Waals surface area (Å²) in [5.74, 6) is -0.555. The maximum absolute atomic E-state index is 12.3. The number of esters is 1. The van der Waals surface area contributed by atoms with Crippen molar-refractivity contribution < 1.29 is 25.2 Å². The Hall–Kier alpha value is -1.30. The second kappa shape index (κ2) is 9.11. The Morgan fingerprint density at radius 1 is 1.26 bits per heavy atom. The molecule has 0 aromatic heterocycles. The molecule has 6 heteroatoms. The van der Waals surface area contributed by atoms with Gasteiger partial charge in [0, 0.05) is 21.4 Å². The number of hydrogen-bond acceptors (Lipinski definition) is 5. The summed E-state index contributed by atoms with van der Waals surface area (Å²) in [7, 11) is 0.895. The molecule has 0 aliphatic heterocycles. The van der Waals surface area contributed by atoms with Crippen molar-refractivity contribution in [3.05, 3.63) is 0 Å². The van der Waals surface area contributed by atoms with E-state index in [1.165, 1.54) is 26.4 Å². The second-order valence-corrected chi connectivity index (χ2v) is 6.91. The summed E-state index contributed by atoms with van der Waals surface area (Å²) in [6, 6.07) is -0.869. The highest BCUT2D eigenvalue weighted by molar-refractivity contribution is 5.81. The van der Waals surface area contributed by atoms with E-state index in [1.807, 2.05) is 0 Å². The van der Waals surface area contributed by atoms with Gasteiger partial charge in [-0.1, -0.05) is 19.3 Å². The van der Waals surface area contributed by atoms with Crippen molar-refractivity contribution in [1.82, 2.24) is 4.90 Å². The Morgan fingerprint density at radius 2 is 1.91 bits per heavy atom. The van der Waals surface area contributed by atoms with Gasteiger partial charge in [-0.05, 0) is 33.6 Å². The first-order valence-corrected chi connectivity index (χ1v) is 8.26. The van der Waals surface area contributed by atoms with Crippen molar-refractivity contribution in [3.8, 4) is 0 Å². The minimum Gasteiger partial charge on any atom is -0.467 e. The molecule has 0 saturated heterocycles. The van der Waals surface area contributed by atoms with E-state index in [9.17, 15) is 9.59 Å². The zero-order valence-corrected chi connectivity index (χ0v) is 14.8. The molecule has 0 radical (unpaired) electrons. The molecule has 6 nitrogen and oxygen atoms in total. The van der Waals surface area contributed by atoms with Crippen LogP contribution in [0.5, 0.6) is 0 Å². The Balaban J connectivity index is 2.63. The highest BCUT2D eigenvalue weighted by Crippen LogP contribution is 2.21. The van der Waals surface area contributed by atoms with E-state index in [2.05, 4.69) is 0 Å². The number of carbonyl (C=O) groups excluding carboxylic acids is 2. The lowest BCUT2D eigenvalue weighted by Gasteiger charge is -2.30. The third-order valence-electron chi connectivity index (χ3n) is 3.77. The van der Waals surface area contributed by atoms with Gasteiger partial charge in [-0.15, -0.1) is 0 Å². The average molecular weight is 330 g/mol. The molecular formula is C17H31NO5. The molecular weight excluding hydrogens is 298 g/mol. The van der Waals surface area contributed by atoms with Crippen molar-refractivity contribution >= 4 is 12.1 Å². The number of ether oxygens (including phenoxy) is 3. The van der Waals surface area contributed by atoms with Gasteiger partial charge in [-0.3, -0.25) is 4.90 Å². The first-order valence-electron chi connectivity index (χ1n) is 8.97. The number of hydrogen-bond donors (Lipinski definition) is 0. The number of methoxy groups -OCH3 is 1. The quantitative estimate of drug-likeness (QED) is 0.700. The molecule has 23 heavy (non-hydrogen) atoms. The number of likely N-dealkylation sites (N-methyl/N-ethyl adjacent to an activating group) is 1. The topological polar surface area (TPSA) is 65.1 Å². The van der Waals surface area contributed by atoms with Gasteiger partial charge in [-0.2, -0.15) is 0 Å². The van der Waals surface area contributed by atoms with Crippen LogP contribution in [-0.2, 0) is 19.0 Å². The summed E-state index contributed by atoms with van der Waals surface area (Å²) in [5.41, 5.74) is -0.691. The third kappa shape index (κ3) is 7.20. The lowest BCUT2D eigenvalue weighted by Crippen LogP contribution is -2.46. The lowest BCUT2D eigenvalue weighted by atomic mass is 9.98. The molecule has 0 heterocycles. The third-order valence-corrected chi connectivity index (χ3v) is 3.77. The minimum absolute atomic E-state index is 0.225. The van der Waals surface area contributed by atoms with Crippen LogP contribution in [0.3, 0.4) is 0 Å². The molecule has 1 atom stereocenters. The molecule has 0 unspecified atom stereocenters. The fraction of sp³-hybridized carbons (Fsp3) is 0.882. The zero-order valence-electron chi connectivity index (χ0n) is 15.8. The van der Waals surface area contributed by atoms with Crippen LogP contribution >= 0.6 is 0 Å². The fourth-order valence-corrected chi connectivity index (χ4v) is 2.56. The number of nitrogens with zero attached hydrogens (tertiary/aromatic N) is 1. The monoisotopic (exact) mass is 330 g/mol. The molecule has 1 fully saturated rings. The maximum Gasteiger partial charge on any atom is 0.410 e. The maximum atomic E-state index is 12.3. The van der Waals surface area contributed by atoms with Gasteiger partial charge < -0.3 is 14.2 Å². The van der Waals surface area contributed by atoms with Crippen LogP contribution in [0.1, 0.15) is 60.7 Å². The molecule has 0 spiro atoms. The lowest BCUT2D eigenvalue weighted by molar-refractivity contribution is -0.147. The van der Waals surface area contributed by atoms with Gasteiger partial charge in [0.2, 0.25) is 0 Å². The Kier molecular flexibility index (Phi) is 7.15. The van der Waals surface area contributed by atoms with Crippen molar-refractivity contribution in [3.63, 3.8) is 0 Å². The molecule has 0 bridgehead atoms. The normalized spacial score (nSPS) is 18.0. The Labute approximate surface area is 140 Å². The average Bonchev–Trinajstić information content (AvgIpc) is 2.52. The predicted octanol–water partition coefficient (Wildman–Crippen LogP) is 3.13. The molecule has 1 rings (SSSR count). The van der Waals surface area contributed by atoms with E-state index in [-0.39, 0.29) is 13.1 Å². The van der Waals surface area contributed by atoms with Crippen molar-refractivity contribution in [1.29, 1.82) is 0 Å². The molecule has 0 N–H and O–H groups in total. The summed E-state index contributed by atoms with van der Waals surface area (Å²) >= 11 is 0. The van der Waals surface area contributed by atoms with Gasteiger partial charge in [-0.25, -0.2) is 9.59 Å². The van der Waals surface area contributed by atoms with Crippen LogP contribution in [0.25, 0.3) is 0 Å². The Bertz CT molecular complexity index is 404. The van der Waals surface area contributed by atoms with E-state index in [1.54, 1.807) is 20.8 Å². The second-order valence-electron chi connectivity index (χ2n) is 6.91. The fourth-order valence-electron chi connectivity index (χ4n) is 2.56. The summed E-state index contributed by atoms with van der Waals surface area (Å²) < 4.78 is 23.5. The SMILES string of the molecule is [2H]CN(C(=O)OC(C)(C)C)[C@@H](CCOC1CCCCC1)C(=O)OC. The first-order chi connectivity index (χ1) is 11.3. The smallest absolute Gasteiger partial charge is 0.410 e. The minimum atomic E-state index is -0.869. The van der Waals surface area contributed by atoms with Crippen molar-refractivity contribution in [2.75, 3.05) is 20.7 Å². The summed E-state index contributed by atoms with van der Waals surface area (Å²) in [5, 5.41) is 0. The summed E-state index contributed by atoms with van der Waals surface area (Å²) in [6.45, 7) is 5.58. The molecule has 0 aromatic rings. The molecule has 134 valence electrons. The highest BCUT2D eigenvalue weighted by atomic mass is 16.6. The van der Waals surface area contributed by atoms with Gasteiger partial charge in [0.05, 0.1) is 13.2 Å². The van der Waals surface area contributed by atoms with Gasteiger partial charge in [0.15, 0.2) is 0 Å². The molecule has 0 aromatic carbocycles. The largest absolute Gasteiger partial charge is 0.467 e. The van der Waals surface area contributed by atoms with E-state index in [4.69, 9.17) is 15.6 Å². The Morgan fingerprint density at radius 3 is 2.43 bits per heavy atom. The van der Waals surface area contributed by atoms with Crippen LogP contribution in [0, 0.1) is 0 Å². The molecule has 1 aliphatic carbocycles. The molecule has 1 saturated carbocycles. The number of rotatable bonds is 6. The highest BCUT2D eigenvalue weighted by Gasteiger charge is 2.31. The van der Waals surface area contributed by atoms with Gasteiger partial charge in [0.25, 0.3) is 0 Å². The van der Waals surface area contributed by atoms with Crippen LogP contribution in [0.4, 0.5) is 4.79 Å². The first kappa shape index (κ1) is 18.0. The predicted molar refractivity (Wildman–Crippen MR) is 87.2 cm³/mol. The molecule has 1 amide bonds.